The Morgan fingerprint density at radius 2 is 1.62 bits per heavy atom. The Morgan fingerprint density at radius 1 is 1.15 bits per heavy atom. The molecule has 1 aromatic rings. The molecule has 0 unspecified atom stereocenters. The maximum Gasteiger partial charge on any atom is 0.201 e. The topological polar surface area (TPSA) is 34.1 Å². The van der Waals surface area contributed by atoms with Gasteiger partial charge in [0.2, 0.25) is 9.84 Å². The van der Waals surface area contributed by atoms with Gasteiger partial charge in [-0.05, 0) is 24.3 Å². The molecule has 0 bridgehead atoms. The first-order valence-corrected chi connectivity index (χ1v) is 6.98. The van der Waals surface area contributed by atoms with Crippen molar-refractivity contribution in [1.82, 2.24) is 0 Å². The molecule has 0 aliphatic heterocycles. The first kappa shape index (κ1) is 11.5. The standard InChI is InChI=1S/C7H5Br2ClO2S/c8-7(9)13(11,12)6-3-1-5(10)2-4-6/h1-4,7H. The van der Waals surface area contributed by atoms with Gasteiger partial charge in [0.1, 0.15) is 0 Å². The summed E-state index contributed by atoms with van der Waals surface area (Å²) in [5.74, 6) is 0. The van der Waals surface area contributed by atoms with E-state index < -0.39 is 12.9 Å². The molecule has 0 atom stereocenters. The van der Waals surface area contributed by atoms with Gasteiger partial charge in [-0.1, -0.05) is 43.5 Å². The summed E-state index contributed by atoms with van der Waals surface area (Å²) in [7, 11) is -3.32. The lowest BCUT2D eigenvalue weighted by molar-refractivity contribution is 0.600. The smallest absolute Gasteiger partial charge is 0.201 e. The lowest BCUT2D eigenvalue weighted by atomic mass is 10.4. The zero-order chi connectivity index (χ0) is 10.1. The number of alkyl halides is 2. The summed E-state index contributed by atoms with van der Waals surface area (Å²) in [4.78, 5) is 0.232. The van der Waals surface area contributed by atoms with Crippen molar-refractivity contribution in [2.24, 2.45) is 0 Å². The Labute approximate surface area is 98.5 Å². The Hall–Kier alpha value is 0.420. The molecule has 6 heteroatoms. The van der Waals surface area contributed by atoms with Crippen LogP contribution in [0, 0.1) is 0 Å². The molecule has 0 saturated heterocycles. The first-order chi connectivity index (χ1) is 5.94. The molecule has 0 heterocycles. The van der Waals surface area contributed by atoms with E-state index in [0.717, 1.165) is 0 Å². The van der Waals surface area contributed by atoms with E-state index in [1.165, 1.54) is 24.3 Å². The molecule has 13 heavy (non-hydrogen) atoms. The van der Waals surface area contributed by atoms with Crippen LogP contribution in [-0.4, -0.2) is 11.5 Å². The number of benzene rings is 1. The molecular weight excluding hydrogens is 343 g/mol. The molecule has 1 aromatic carbocycles. The molecule has 0 fully saturated rings. The fraction of sp³-hybridized carbons (Fsp3) is 0.143. The van der Waals surface area contributed by atoms with E-state index in [4.69, 9.17) is 11.6 Å². The van der Waals surface area contributed by atoms with Crippen LogP contribution in [-0.2, 0) is 9.84 Å². The van der Waals surface area contributed by atoms with E-state index in [2.05, 4.69) is 31.9 Å². The molecule has 0 amide bonds. The Morgan fingerprint density at radius 3 is 2.00 bits per heavy atom. The van der Waals surface area contributed by atoms with Crippen LogP contribution in [0.2, 0.25) is 5.02 Å². The normalized spacial score (nSPS) is 12.0. The molecule has 1 rings (SSSR count). The summed E-state index contributed by atoms with van der Waals surface area (Å²) in [5, 5.41) is 0.514. The predicted octanol–water partition coefficient (Wildman–Crippen LogP) is 3.19. The minimum Gasteiger partial charge on any atom is -0.222 e. The maximum atomic E-state index is 11.5. The van der Waals surface area contributed by atoms with E-state index in [9.17, 15) is 8.42 Å². The van der Waals surface area contributed by atoms with Gasteiger partial charge in [0.05, 0.1) is 4.90 Å². The first-order valence-electron chi connectivity index (χ1n) is 3.22. The monoisotopic (exact) mass is 346 g/mol. The van der Waals surface area contributed by atoms with Crippen LogP contribution in [0.3, 0.4) is 0 Å². The average molecular weight is 348 g/mol. The van der Waals surface area contributed by atoms with Crippen LogP contribution in [0.4, 0.5) is 0 Å². The van der Waals surface area contributed by atoms with Crippen molar-refractivity contribution in [3.8, 4) is 0 Å². The lowest BCUT2D eigenvalue weighted by Crippen LogP contribution is -2.07. The Kier molecular flexibility index (Phi) is 3.80. The second-order valence-electron chi connectivity index (χ2n) is 2.26. The highest BCUT2D eigenvalue weighted by Gasteiger charge is 2.21. The zero-order valence-electron chi connectivity index (χ0n) is 6.25. The number of sulfone groups is 1. The van der Waals surface area contributed by atoms with Crippen LogP contribution >= 0.6 is 43.5 Å². The summed E-state index contributed by atoms with van der Waals surface area (Å²) in [6.07, 6.45) is 0. The molecular formula is C7H5Br2ClO2S. The van der Waals surface area contributed by atoms with Crippen molar-refractivity contribution >= 4 is 53.3 Å². The minimum absolute atomic E-state index is 0.232. The van der Waals surface area contributed by atoms with Crippen molar-refractivity contribution in [2.45, 2.75) is 7.96 Å². The van der Waals surface area contributed by atoms with Crippen molar-refractivity contribution in [1.29, 1.82) is 0 Å². The number of halogens is 3. The second-order valence-corrected chi connectivity index (χ2v) is 9.00. The highest BCUT2D eigenvalue weighted by Crippen LogP contribution is 2.25. The van der Waals surface area contributed by atoms with Gasteiger partial charge in [0.15, 0.2) is 3.07 Å². The van der Waals surface area contributed by atoms with Crippen molar-refractivity contribution < 1.29 is 8.42 Å². The summed E-state index contributed by atoms with van der Waals surface area (Å²) in [6, 6.07) is 6.01. The lowest BCUT2D eigenvalue weighted by Gasteiger charge is -2.04. The van der Waals surface area contributed by atoms with Gasteiger partial charge in [-0.25, -0.2) is 8.42 Å². The number of hydrogen-bond donors (Lipinski definition) is 0. The van der Waals surface area contributed by atoms with Crippen LogP contribution in [0.5, 0.6) is 0 Å². The second kappa shape index (κ2) is 4.29. The van der Waals surface area contributed by atoms with E-state index in [0.29, 0.717) is 5.02 Å². The highest BCUT2D eigenvalue weighted by atomic mass is 79.9. The van der Waals surface area contributed by atoms with Crippen molar-refractivity contribution in [3.05, 3.63) is 29.3 Å². The number of rotatable bonds is 2. The van der Waals surface area contributed by atoms with Gasteiger partial charge >= 0.3 is 0 Å². The van der Waals surface area contributed by atoms with E-state index >= 15 is 0 Å². The molecule has 0 N–H and O–H groups in total. The van der Waals surface area contributed by atoms with Gasteiger partial charge in [-0.3, -0.25) is 0 Å². The van der Waals surface area contributed by atoms with Gasteiger partial charge in [-0.2, -0.15) is 0 Å². The zero-order valence-corrected chi connectivity index (χ0v) is 11.0. The van der Waals surface area contributed by atoms with Gasteiger partial charge in [-0.15, -0.1) is 0 Å². The summed E-state index contributed by atoms with van der Waals surface area (Å²) in [5.41, 5.74) is 0. The van der Waals surface area contributed by atoms with Gasteiger partial charge in [0, 0.05) is 5.02 Å². The highest BCUT2D eigenvalue weighted by molar-refractivity contribution is 9.27. The molecule has 0 aromatic heterocycles. The summed E-state index contributed by atoms with van der Waals surface area (Å²) >= 11 is 11.5. The van der Waals surface area contributed by atoms with Crippen LogP contribution in [0.25, 0.3) is 0 Å². The third-order valence-electron chi connectivity index (χ3n) is 1.38. The number of hydrogen-bond acceptors (Lipinski definition) is 2. The summed E-state index contributed by atoms with van der Waals surface area (Å²) in [6.45, 7) is 0. The maximum absolute atomic E-state index is 11.5. The fourth-order valence-electron chi connectivity index (χ4n) is 0.727. The Bertz CT molecular complexity index is 385. The summed E-state index contributed by atoms with van der Waals surface area (Å²) < 4.78 is 22.2. The van der Waals surface area contributed by atoms with E-state index in [1.807, 2.05) is 0 Å². The SMILES string of the molecule is O=S(=O)(c1ccc(Cl)cc1)C(Br)Br. The fourth-order valence-corrected chi connectivity index (χ4v) is 2.87. The Balaban J connectivity index is 3.17. The molecule has 0 aliphatic carbocycles. The van der Waals surface area contributed by atoms with Crippen LogP contribution in [0.1, 0.15) is 0 Å². The average Bonchev–Trinajstić information content (AvgIpc) is 2.04. The molecule has 2 nitrogen and oxygen atoms in total. The van der Waals surface area contributed by atoms with E-state index in [-0.39, 0.29) is 4.90 Å². The van der Waals surface area contributed by atoms with Gasteiger partial charge in [0.25, 0.3) is 0 Å². The van der Waals surface area contributed by atoms with Crippen LogP contribution < -0.4 is 0 Å². The molecule has 0 spiro atoms. The molecule has 0 aliphatic rings. The van der Waals surface area contributed by atoms with Crippen LogP contribution in [0.15, 0.2) is 29.2 Å². The third kappa shape index (κ3) is 2.68. The predicted molar refractivity (Wildman–Crippen MR) is 60.3 cm³/mol. The minimum atomic E-state index is -3.32. The van der Waals surface area contributed by atoms with Crippen molar-refractivity contribution in [3.63, 3.8) is 0 Å². The molecule has 0 radical (unpaired) electrons. The quantitative estimate of drug-likeness (QED) is 0.769. The van der Waals surface area contributed by atoms with E-state index in [1.54, 1.807) is 0 Å². The third-order valence-corrected chi connectivity index (χ3v) is 5.98. The molecule has 72 valence electrons. The largest absolute Gasteiger partial charge is 0.222 e. The molecule has 0 saturated carbocycles. The van der Waals surface area contributed by atoms with Gasteiger partial charge < -0.3 is 0 Å². The van der Waals surface area contributed by atoms with Crippen molar-refractivity contribution in [2.75, 3.05) is 0 Å².